The zero-order valence-corrected chi connectivity index (χ0v) is 10.8. The van der Waals surface area contributed by atoms with Gasteiger partial charge in [-0.25, -0.2) is 9.18 Å². The topological polar surface area (TPSA) is 65.2 Å². The lowest BCUT2D eigenvalue weighted by molar-refractivity contribution is 0.0265. The number of halogens is 1. The second kappa shape index (κ2) is 5.17. The van der Waals surface area contributed by atoms with Crippen LogP contribution in [0.4, 0.5) is 4.39 Å². The Hall–Kier alpha value is -2.24. The van der Waals surface area contributed by atoms with Gasteiger partial charge >= 0.3 is 5.97 Å². The molecule has 100 valence electrons. The lowest BCUT2D eigenvalue weighted by Gasteiger charge is -2.09. The molecule has 0 saturated carbocycles. The predicted octanol–water partition coefficient (Wildman–Crippen LogP) is 2.74. The number of hydrogen-bond acceptors (Lipinski definition) is 5. The Morgan fingerprint density at radius 2 is 2.16 bits per heavy atom. The number of rotatable bonds is 3. The first-order valence-electron chi connectivity index (χ1n) is 5.74. The van der Waals surface area contributed by atoms with Crippen molar-refractivity contribution in [2.75, 3.05) is 0 Å². The van der Waals surface area contributed by atoms with Gasteiger partial charge in [0.25, 0.3) is 5.89 Å². The second-order valence-corrected chi connectivity index (χ2v) is 4.19. The average molecular weight is 264 g/mol. The molecular weight excluding hydrogens is 251 g/mol. The number of esters is 1. The SMILES string of the molecule is Cc1noc(C(C)OC(=O)c2ccc(C)c(F)c2)n1. The maximum absolute atomic E-state index is 13.4. The molecule has 0 spiro atoms. The summed E-state index contributed by atoms with van der Waals surface area (Å²) in [5.41, 5.74) is 0.614. The summed E-state index contributed by atoms with van der Waals surface area (Å²) < 4.78 is 23.4. The fourth-order valence-corrected chi connectivity index (χ4v) is 1.48. The molecule has 1 unspecified atom stereocenters. The van der Waals surface area contributed by atoms with Gasteiger partial charge in [0.2, 0.25) is 0 Å². The van der Waals surface area contributed by atoms with Gasteiger partial charge in [0.15, 0.2) is 11.9 Å². The fourth-order valence-electron chi connectivity index (χ4n) is 1.48. The predicted molar refractivity (Wildman–Crippen MR) is 64.0 cm³/mol. The lowest BCUT2D eigenvalue weighted by Crippen LogP contribution is -2.10. The third-order valence-electron chi connectivity index (χ3n) is 2.58. The monoisotopic (exact) mass is 264 g/mol. The maximum atomic E-state index is 13.4. The highest BCUT2D eigenvalue weighted by Crippen LogP contribution is 2.18. The van der Waals surface area contributed by atoms with Crippen molar-refractivity contribution in [3.63, 3.8) is 0 Å². The van der Waals surface area contributed by atoms with Crippen molar-refractivity contribution in [2.45, 2.75) is 26.9 Å². The van der Waals surface area contributed by atoms with Crippen molar-refractivity contribution in [2.24, 2.45) is 0 Å². The Kier molecular flexibility index (Phi) is 3.59. The van der Waals surface area contributed by atoms with E-state index in [1.807, 2.05) is 0 Å². The summed E-state index contributed by atoms with van der Waals surface area (Å²) in [6.45, 7) is 4.89. The van der Waals surface area contributed by atoms with E-state index >= 15 is 0 Å². The molecule has 0 aliphatic rings. The summed E-state index contributed by atoms with van der Waals surface area (Å²) in [6.07, 6.45) is -0.682. The van der Waals surface area contributed by atoms with Gasteiger partial charge in [0.1, 0.15) is 5.82 Å². The van der Waals surface area contributed by atoms with E-state index in [0.29, 0.717) is 11.4 Å². The van der Waals surface area contributed by atoms with Crippen LogP contribution in [-0.2, 0) is 4.74 Å². The molecule has 1 atom stereocenters. The van der Waals surface area contributed by atoms with Gasteiger partial charge in [-0.1, -0.05) is 11.2 Å². The van der Waals surface area contributed by atoms with E-state index in [4.69, 9.17) is 9.26 Å². The Morgan fingerprint density at radius 1 is 1.42 bits per heavy atom. The molecule has 0 aliphatic heterocycles. The minimum Gasteiger partial charge on any atom is -0.449 e. The Labute approximate surface area is 109 Å². The molecule has 0 amide bonds. The van der Waals surface area contributed by atoms with Crippen molar-refractivity contribution in [3.05, 3.63) is 46.9 Å². The van der Waals surface area contributed by atoms with Crippen molar-refractivity contribution in [1.82, 2.24) is 10.1 Å². The van der Waals surface area contributed by atoms with Gasteiger partial charge in [-0.15, -0.1) is 0 Å². The summed E-state index contributed by atoms with van der Waals surface area (Å²) >= 11 is 0. The zero-order valence-electron chi connectivity index (χ0n) is 10.8. The molecule has 2 rings (SSSR count). The molecule has 0 saturated heterocycles. The smallest absolute Gasteiger partial charge is 0.339 e. The average Bonchev–Trinajstić information content (AvgIpc) is 2.79. The molecular formula is C13H13FN2O3. The third kappa shape index (κ3) is 2.96. The number of nitrogens with zero attached hydrogens (tertiary/aromatic N) is 2. The first-order valence-corrected chi connectivity index (χ1v) is 5.74. The molecule has 2 aromatic rings. The number of carbonyl (C=O) groups excluding carboxylic acids is 1. The number of hydrogen-bond donors (Lipinski definition) is 0. The van der Waals surface area contributed by atoms with E-state index in [1.165, 1.54) is 12.1 Å². The van der Waals surface area contributed by atoms with Crippen LogP contribution in [0.5, 0.6) is 0 Å². The minimum atomic E-state index is -0.682. The molecule has 1 heterocycles. The summed E-state index contributed by atoms with van der Waals surface area (Å²) in [5, 5.41) is 3.61. The molecule has 0 N–H and O–H groups in total. The number of aryl methyl sites for hydroxylation is 2. The van der Waals surface area contributed by atoms with Gasteiger partial charge in [0, 0.05) is 0 Å². The Bertz CT molecular complexity index is 610. The number of aromatic nitrogens is 2. The highest BCUT2D eigenvalue weighted by molar-refractivity contribution is 5.89. The van der Waals surface area contributed by atoms with Crippen LogP contribution in [0.1, 0.15) is 40.7 Å². The molecule has 0 aliphatic carbocycles. The van der Waals surface area contributed by atoms with Crippen LogP contribution in [0.3, 0.4) is 0 Å². The van der Waals surface area contributed by atoms with E-state index < -0.39 is 17.9 Å². The number of carbonyl (C=O) groups is 1. The van der Waals surface area contributed by atoms with Crippen molar-refractivity contribution < 1.29 is 18.4 Å². The van der Waals surface area contributed by atoms with Crippen molar-refractivity contribution >= 4 is 5.97 Å². The van der Waals surface area contributed by atoms with Gasteiger partial charge in [0.05, 0.1) is 5.56 Å². The van der Waals surface area contributed by atoms with Crippen LogP contribution in [0.25, 0.3) is 0 Å². The minimum absolute atomic E-state index is 0.145. The van der Waals surface area contributed by atoms with E-state index in [2.05, 4.69) is 10.1 Å². The van der Waals surface area contributed by atoms with Gasteiger partial charge in [-0.3, -0.25) is 0 Å². The van der Waals surface area contributed by atoms with Gasteiger partial charge in [-0.05, 0) is 38.5 Å². The molecule has 6 heteroatoms. The van der Waals surface area contributed by atoms with Crippen molar-refractivity contribution in [1.29, 1.82) is 0 Å². The van der Waals surface area contributed by atoms with E-state index in [0.717, 1.165) is 6.07 Å². The van der Waals surface area contributed by atoms with Crippen LogP contribution < -0.4 is 0 Å². The molecule has 0 radical (unpaired) electrons. The van der Waals surface area contributed by atoms with Gasteiger partial charge < -0.3 is 9.26 Å². The van der Waals surface area contributed by atoms with Crippen LogP contribution in [0.2, 0.25) is 0 Å². The summed E-state index contributed by atoms with van der Waals surface area (Å²) in [7, 11) is 0. The molecule has 5 nitrogen and oxygen atoms in total. The third-order valence-corrected chi connectivity index (χ3v) is 2.58. The first-order chi connectivity index (χ1) is 8.97. The first kappa shape index (κ1) is 13.2. The van der Waals surface area contributed by atoms with E-state index in [-0.39, 0.29) is 11.5 Å². The number of benzene rings is 1. The summed E-state index contributed by atoms with van der Waals surface area (Å²) in [6, 6.07) is 4.17. The summed E-state index contributed by atoms with van der Waals surface area (Å²) in [5.74, 6) is -0.421. The zero-order chi connectivity index (χ0) is 14.0. The largest absolute Gasteiger partial charge is 0.449 e. The van der Waals surface area contributed by atoms with Crippen LogP contribution in [0.15, 0.2) is 22.7 Å². The highest BCUT2D eigenvalue weighted by Gasteiger charge is 2.19. The number of ether oxygens (including phenoxy) is 1. The van der Waals surface area contributed by atoms with E-state index in [1.54, 1.807) is 20.8 Å². The van der Waals surface area contributed by atoms with Gasteiger partial charge in [-0.2, -0.15) is 4.98 Å². The Morgan fingerprint density at radius 3 is 2.74 bits per heavy atom. The summed E-state index contributed by atoms with van der Waals surface area (Å²) in [4.78, 5) is 15.8. The normalized spacial score (nSPS) is 12.2. The maximum Gasteiger partial charge on any atom is 0.339 e. The van der Waals surface area contributed by atoms with E-state index in [9.17, 15) is 9.18 Å². The van der Waals surface area contributed by atoms with Crippen LogP contribution >= 0.6 is 0 Å². The molecule has 1 aromatic heterocycles. The fraction of sp³-hybridized carbons (Fsp3) is 0.308. The Balaban J connectivity index is 2.10. The standard InChI is InChI=1S/C13H13FN2O3/c1-7-4-5-10(6-11(7)14)13(17)18-8(2)12-15-9(3)16-19-12/h4-6,8H,1-3H3. The molecule has 0 bridgehead atoms. The lowest BCUT2D eigenvalue weighted by atomic mass is 10.1. The molecule has 19 heavy (non-hydrogen) atoms. The van der Waals surface area contributed by atoms with Crippen LogP contribution in [-0.4, -0.2) is 16.1 Å². The van der Waals surface area contributed by atoms with Crippen molar-refractivity contribution in [3.8, 4) is 0 Å². The second-order valence-electron chi connectivity index (χ2n) is 4.19. The highest BCUT2D eigenvalue weighted by atomic mass is 19.1. The molecule has 1 aromatic carbocycles. The molecule has 0 fully saturated rings. The quantitative estimate of drug-likeness (QED) is 0.797. The van der Waals surface area contributed by atoms with Crippen LogP contribution in [0, 0.1) is 19.7 Å².